The minimum Gasteiger partial charge on any atom is -0.423 e. The number of anilines is 1. The third kappa shape index (κ3) is 4.86. The Balaban J connectivity index is 1.34. The minimum atomic E-state index is -0.655. The molecule has 2 aliphatic heterocycles. The maximum atomic E-state index is 13.0. The van der Waals surface area contributed by atoms with E-state index < -0.39 is 23.2 Å². The Morgan fingerprint density at radius 2 is 2.02 bits per heavy atom. The van der Waals surface area contributed by atoms with Crippen LogP contribution in [-0.2, 0) is 21.3 Å². The van der Waals surface area contributed by atoms with E-state index in [1.165, 1.54) is 4.68 Å². The molecule has 6 atom stereocenters. The van der Waals surface area contributed by atoms with E-state index in [-0.39, 0.29) is 35.7 Å². The molecule has 0 radical (unpaired) electrons. The Hall–Kier alpha value is -3.58. The molecule has 12 heteroatoms. The first-order chi connectivity index (χ1) is 20.5. The lowest BCUT2D eigenvalue weighted by Crippen LogP contribution is -2.61. The molecule has 0 bridgehead atoms. The first kappa shape index (κ1) is 29.5. The number of hydrogen-bond donors (Lipinski definition) is 4. The zero-order valence-electron chi connectivity index (χ0n) is 24.9. The third-order valence-electron chi connectivity index (χ3n) is 10.4. The molecule has 2 aliphatic carbocycles. The number of aliphatic hydroxyl groups excluding tert-OH is 2. The van der Waals surface area contributed by atoms with Crippen molar-refractivity contribution in [2.45, 2.75) is 45.3 Å². The summed E-state index contributed by atoms with van der Waals surface area (Å²) in [5.41, 5.74) is 6.74. The number of hydrogen-bond acceptors (Lipinski definition) is 10. The molecular weight excluding hydrogens is 552 g/mol. The van der Waals surface area contributed by atoms with Gasteiger partial charge in [0.2, 0.25) is 0 Å². The van der Waals surface area contributed by atoms with Crippen molar-refractivity contribution in [3.05, 3.63) is 57.9 Å². The van der Waals surface area contributed by atoms with Gasteiger partial charge in [-0.2, -0.15) is 10.1 Å². The van der Waals surface area contributed by atoms with Crippen LogP contribution >= 0.6 is 0 Å². The second-order valence-corrected chi connectivity index (χ2v) is 12.8. The molecule has 0 aromatic carbocycles. The molecule has 3 unspecified atom stereocenters. The summed E-state index contributed by atoms with van der Waals surface area (Å²) in [5.74, 6) is -0.133. The van der Waals surface area contributed by atoms with Gasteiger partial charge in [0.25, 0.3) is 0 Å². The molecule has 43 heavy (non-hydrogen) atoms. The van der Waals surface area contributed by atoms with Crippen LogP contribution in [0.2, 0.25) is 0 Å². The number of nitrogens with one attached hydrogen (secondary N) is 1. The molecule has 12 nitrogen and oxygen atoms in total. The average Bonchev–Trinajstić information content (AvgIpc) is 3.48. The number of nitrogens with zero attached hydrogens (tertiary/aromatic N) is 4. The largest absolute Gasteiger partial charge is 0.423 e. The number of ether oxygens (including phenoxy) is 2. The molecule has 4 aliphatic rings. The van der Waals surface area contributed by atoms with Crippen molar-refractivity contribution in [2.75, 3.05) is 38.6 Å². The van der Waals surface area contributed by atoms with Crippen LogP contribution in [0.4, 0.5) is 5.82 Å². The number of rotatable bonds is 5. The van der Waals surface area contributed by atoms with Gasteiger partial charge in [0.15, 0.2) is 5.65 Å². The van der Waals surface area contributed by atoms with Crippen molar-refractivity contribution >= 4 is 28.9 Å². The highest BCUT2D eigenvalue weighted by Gasteiger charge is 2.59. The van der Waals surface area contributed by atoms with Crippen LogP contribution in [-0.4, -0.2) is 85.9 Å². The number of aliphatic hydroxyl groups is 2. The van der Waals surface area contributed by atoms with E-state index in [1.807, 2.05) is 6.92 Å². The number of allylic oxidation sites excluding steroid dienone is 2. The molecule has 1 saturated heterocycles. The molecule has 230 valence electrons. The summed E-state index contributed by atoms with van der Waals surface area (Å²) >= 11 is 0. The molecule has 2 aromatic heterocycles. The highest BCUT2D eigenvalue weighted by Crippen LogP contribution is 2.62. The van der Waals surface area contributed by atoms with Crippen LogP contribution in [0.1, 0.15) is 38.8 Å². The number of aromatic nitrogens is 4. The van der Waals surface area contributed by atoms with Crippen molar-refractivity contribution < 1.29 is 24.5 Å². The van der Waals surface area contributed by atoms with Crippen molar-refractivity contribution in [1.29, 1.82) is 0 Å². The molecular formula is C31H40N6O6. The fourth-order valence-corrected chi connectivity index (χ4v) is 7.94. The number of fused-ring (bicyclic) bond motifs is 2. The summed E-state index contributed by atoms with van der Waals surface area (Å²) in [7, 11) is 1.65. The number of morpholine rings is 1. The van der Waals surface area contributed by atoms with E-state index in [9.17, 15) is 19.8 Å². The third-order valence-corrected chi connectivity index (χ3v) is 10.4. The highest BCUT2D eigenvalue weighted by molar-refractivity contribution is 5.98. The molecule has 4 heterocycles. The van der Waals surface area contributed by atoms with Gasteiger partial charge < -0.3 is 25.4 Å². The Morgan fingerprint density at radius 3 is 2.74 bits per heavy atom. The summed E-state index contributed by atoms with van der Waals surface area (Å²) in [4.78, 5) is 33.6. The molecule has 5 N–H and O–H groups in total. The quantitative estimate of drug-likeness (QED) is 0.296. The zero-order valence-corrected chi connectivity index (χ0v) is 24.9. The number of carbonyl (C=O) groups is 1. The zero-order chi connectivity index (χ0) is 30.7. The Kier molecular flexibility index (Phi) is 7.44. The molecule has 0 amide bonds. The summed E-state index contributed by atoms with van der Waals surface area (Å²) in [5, 5.41) is 26.5. The Labute approximate surface area is 249 Å². The molecule has 0 spiro atoms. The van der Waals surface area contributed by atoms with Crippen LogP contribution < -0.4 is 11.4 Å². The fraction of sp³-hybridized carbons (Fsp3) is 0.548. The first-order valence-corrected chi connectivity index (χ1v) is 14.8. The highest BCUT2D eigenvalue weighted by atomic mass is 16.5. The minimum absolute atomic E-state index is 0.0321. The number of carbonyl (C=O) groups excluding carboxylic acids is 1. The summed E-state index contributed by atoms with van der Waals surface area (Å²) in [6.07, 6.45) is 8.67. The fourth-order valence-electron chi connectivity index (χ4n) is 7.94. The van der Waals surface area contributed by atoms with Crippen molar-refractivity contribution in [3.8, 4) is 0 Å². The summed E-state index contributed by atoms with van der Waals surface area (Å²) < 4.78 is 12.6. The van der Waals surface area contributed by atoms with Gasteiger partial charge in [-0.25, -0.2) is 14.3 Å². The number of nitrogen functional groups attached to an aromatic ring is 1. The molecule has 6 rings (SSSR count). The lowest BCUT2D eigenvalue weighted by molar-refractivity contribution is -0.156. The number of aromatic amines is 1. The van der Waals surface area contributed by atoms with Gasteiger partial charge in [0.1, 0.15) is 17.3 Å². The average molecular weight is 593 g/mol. The van der Waals surface area contributed by atoms with E-state index >= 15 is 0 Å². The maximum absolute atomic E-state index is 13.0. The second kappa shape index (κ2) is 10.8. The monoisotopic (exact) mass is 592 g/mol. The standard InChI is InChI=1S/C31H40N6O6/c1-17-20(30(2)8-7-24(39)31(3,16-38)23(30)15-22(17)37-9-11-42-12-10-37)6-5-18-13-19(43-28(18)40)14-21-25-26(32)33-29(41)34-27(25)36(4)35-21/h5-6,13-14,20,22-24,38-39H,1,7-12,15-16H2,2-4H3,(H3,32,33,34,41)/b6-5+,19-14+/t20?,22?,23?,24-,30-,31+/m1/s1. The first-order valence-electron chi connectivity index (χ1n) is 14.8. The van der Waals surface area contributed by atoms with E-state index in [0.29, 0.717) is 47.7 Å². The van der Waals surface area contributed by atoms with Gasteiger partial charge >= 0.3 is 11.7 Å². The van der Waals surface area contributed by atoms with Crippen LogP contribution in [0.15, 0.2) is 46.5 Å². The van der Waals surface area contributed by atoms with Gasteiger partial charge in [-0.3, -0.25) is 9.88 Å². The SMILES string of the molecule is C=C1C(N2CCOCC2)CC2[C@](C)(CC[C@@H](O)[C@@]2(C)CO)C1/C=C/C1=CC(=C\c2nn(C)c3nc(=O)[nH]c(N)c23)/OC1=O. The number of cyclic esters (lactones) is 1. The second-order valence-electron chi connectivity index (χ2n) is 12.8. The van der Waals surface area contributed by atoms with Crippen LogP contribution in [0.25, 0.3) is 17.1 Å². The van der Waals surface area contributed by atoms with E-state index in [2.05, 4.69) is 39.5 Å². The lowest BCUT2D eigenvalue weighted by Gasteiger charge is -2.62. The molecule has 2 saturated carbocycles. The number of aryl methyl sites for hydroxylation is 1. The van der Waals surface area contributed by atoms with Gasteiger partial charge in [-0.05, 0) is 36.7 Å². The van der Waals surface area contributed by atoms with Crippen molar-refractivity contribution in [2.24, 2.45) is 29.7 Å². The van der Waals surface area contributed by atoms with Crippen LogP contribution in [0.3, 0.4) is 0 Å². The van der Waals surface area contributed by atoms with Gasteiger partial charge in [0, 0.05) is 43.6 Å². The maximum Gasteiger partial charge on any atom is 0.348 e. The number of H-pyrrole nitrogens is 1. The summed E-state index contributed by atoms with van der Waals surface area (Å²) in [6.45, 7) is 11.6. The van der Waals surface area contributed by atoms with Crippen LogP contribution in [0.5, 0.6) is 0 Å². The number of nitrogens with two attached hydrogens (primary N) is 1. The topological polar surface area (TPSA) is 169 Å². The van der Waals surface area contributed by atoms with Gasteiger partial charge in [-0.15, -0.1) is 0 Å². The summed E-state index contributed by atoms with van der Waals surface area (Å²) in [6, 6.07) is 0.0655. The molecule has 2 aromatic rings. The Morgan fingerprint density at radius 1 is 1.28 bits per heavy atom. The Bertz CT molecular complexity index is 1620. The smallest absolute Gasteiger partial charge is 0.348 e. The predicted molar refractivity (Wildman–Crippen MR) is 160 cm³/mol. The van der Waals surface area contributed by atoms with E-state index in [1.54, 1.807) is 25.3 Å². The molecule has 3 fully saturated rings. The van der Waals surface area contributed by atoms with Crippen molar-refractivity contribution in [3.63, 3.8) is 0 Å². The van der Waals surface area contributed by atoms with E-state index in [4.69, 9.17) is 15.2 Å². The van der Waals surface area contributed by atoms with Gasteiger partial charge in [-0.1, -0.05) is 38.2 Å². The van der Waals surface area contributed by atoms with Crippen molar-refractivity contribution in [1.82, 2.24) is 24.6 Å². The van der Waals surface area contributed by atoms with Gasteiger partial charge in [0.05, 0.1) is 36.9 Å². The predicted octanol–water partition coefficient (Wildman–Crippen LogP) is 1.67. The number of esters is 1. The lowest BCUT2D eigenvalue weighted by atomic mass is 9.45. The van der Waals surface area contributed by atoms with E-state index in [0.717, 1.165) is 31.5 Å². The van der Waals surface area contributed by atoms with Crippen LogP contribution in [0, 0.1) is 22.7 Å². The normalized spacial score (nSPS) is 34.6.